The Morgan fingerprint density at radius 3 is 2.11 bits per heavy atom. The summed E-state index contributed by atoms with van der Waals surface area (Å²) in [5.74, 6) is 0.526. The van der Waals surface area contributed by atoms with Gasteiger partial charge in [0.2, 0.25) is 11.8 Å². The average molecular weight is 386 g/mol. The molecule has 1 atom stereocenters. The Hall–Kier alpha value is -2.64. The van der Waals surface area contributed by atoms with Crippen LogP contribution in [0.1, 0.15) is 25.7 Å². The number of hydrogen-bond donors (Lipinski definition) is 0. The van der Waals surface area contributed by atoms with Crippen molar-refractivity contribution in [1.29, 1.82) is 0 Å². The van der Waals surface area contributed by atoms with Crippen molar-refractivity contribution in [3.63, 3.8) is 0 Å². The second kappa shape index (κ2) is 7.77. The molecule has 1 aromatic rings. The Morgan fingerprint density at radius 2 is 1.50 bits per heavy atom. The Kier molecular flexibility index (Phi) is 5.19. The fraction of sp³-hybridized carbons (Fsp3) is 0.600. The lowest BCUT2D eigenvalue weighted by Crippen LogP contribution is -2.53. The summed E-state index contributed by atoms with van der Waals surface area (Å²) in [6.45, 7) is 4.05. The summed E-state index contributed by atoms with van der Waals surface area (Å²) in [6, 6.07) is 6.55. The minimum absolute atomic E-state index is 0.0811. The third-order valence-corrected chi connectivity index (χ3v) is 6.03. The van der Waals surface area contributed by atoms with Gasteiger partial charge in [-0.05, 0) is 37.8 Å². The molecule has 4 rings (SSSR count). The van der Waals surface area contributed by atoms with Gasteiger partial charge in [-0.2, -0.15) is 0 Å². The van der Waals surface area contributed by atoms with Crippen LogP contribution in [0.15, 0.2) is 24.3 Å². The Balaban J connectivity index is 1.31. The molecule has 0 aromatic heterocycles. The molecule has 3 aliphatic rings. The van der Waals surface area contributed by atoms with E-state index in [-0.39, 0.29) is 29.3 Å². The van der Waals surface area contributed by atoms with E-state index >= 15 is 0 Å². The smallest absolute Gasteiger partial charge is 0.269 e. The van der Waals surface area contributed by atoms with Gasteiger partial charge in [0.15, 0.2) is 0 Å². The number of carbonyl (C=O) groups is 2. The number of non-ortho nitro benzene ring substituents is 1. The van der Waals surface area contributed by atoms with Gasteiger partial charge in [-0.25, -0.2) is 0 Å². The highest BCUT2D eigenvalue weighted by atomic mass is 16.6. The molecule has 1 aliphatic carbocycles. The second-order valence-corrected chi connectivity index (χ2v) is 7.98. The van der Waals surface area contributed by atoms with Gasteiger partial charge in [0.1, 0.15) is 0 Å². The van der Waals surface area contributed by atoms with Crippen molar-refractivity contribution in [2.75, 3.05) is 44.2 Å². The van der Waals surface area contributed by atoms with Crippen molar-refractivity contribution in [2.45, 2.75) is 25.7 Å². The topological polar surface area (TPSA) is 87.0 Å². The number of hydrogen-bond acceptors (Lipinski definition) is 5. The number of carbonyl (C=O) groups excluding carboxylic acids is 2. The molecule has 0 bridgehead atoms. The first kappa shape index (κ1) is 18.7. The normalized spacial score (nSPS) is 22.9. The number of likely N-dealkylation sites (tertiary alicyclic amines) is 1. The lowest BCUT2D eigenvalue weighted by atomic mass is 9.95. The Labute approximate surface area is 164 Å². The molecule has 2 heterocycles. The molecule has 8 nitrogen and oxygen atoms in total. The lowest BCUT2D eigenvalue weighted by Gasteiger charge is -2.39. The van der Waals surface area contributed by atoms with E-state index in [1.54, 1.807) is 12.1 Å². The maximum absolute atomic E-state index is 13.0. The first-order chi connectivity index (χ1) is 13.5. The van der Waals surface area contributed by atoms with Crippen molar-refractivity contribution >= 4 is 23.2 Å². The van der Waals surface area contributed by atoms with E-state index in [0.717, 1.165) is 37.9 Å². The van der Waals surface area contributed by atoms with Crippen LogP contribution in [-0.2, 0) is 9.59 Å². The highest BCUT2D eigenvalue weighted by Gasteiger charge is 2.38. The predicted octanol–water partition coefficient (Wildman–Crippen LogP) is 1.89. The van der Waals surface area contributed by atoms with Crippen molar-refractivity contribution in [3.8, 4) is 0 Å². The molecule has 8 heteroatoms. The SMILES string of the molecule is O=C(C1CCCN(C(=O)C2CC2)C1)N1CCN(c2ccc([N+](=O)[O-])cc2)CC1. The van der Waals surface area contributed by atoms with Gasteiger partial charge in [-0.3, -0.25) is 19.7 Å². The first-order valence-electron chi connectivity index (χ1n) is 10.1. The van der Waals surface area contributed by atoms with E-state index in [4.69, 9.17) is 0 Å². The minimum atomic E-state index is -0.401. The number of nitro benzene ring substituents is 1. The molecule has 2 amide bonds. The molecule has 150 valence electrons. The van der Waals surface area contributed by atoms with Gasteiger partial charge in [0, 0.05) is 63.0 Å². The number of piperazine rings is 1. The van der Waals surface area contributed by atoms with Gasteiger partial charge in [0.05, 0.1) is 10.8 Å². The van der Waals surface area contributed by atoms with Crippen molar-refractivity contribution < 1.29 is 14.5 Å². The van der Waals surface area contributed by atoms with Crippen LogP contribution >= 0.6 is 0 Å². The molecule has 2 aliphatic heterocycles. The lowest BCUT2D eigenvalue weighted by molar-refractivity contribution is -0.384. The maximum atomic E-state index is 13.0. The molecule has 2 saturated heterocycles. The quantitative estimate of drug-likeness (QED) is 0.583. The number of rotatable bonds is 4. The number of anilines is 1. The van der Waals surface area contributed by atoms with Crippen LogP contribution in [0.4, 0.5) is 11.4 Å². The molecule has 1 unspecified atom stereocenters. The Bertz CT molecular complexity index is 754. The molecular formula is C20H26N4O4. The molecule has 0 N–H and O–H groups in total. The molecule has 1 aromatic carbocycles. The van der Waals surface area contributed by atoms with E-state index in [1.165, 1.54) is 12.1 Å². The van der Waals surface area contributed by atoms with Crippen LogP contribution in [-0.4, -0.2) is 65.8 Å². The van der Waals surface area contributed by atoms with Crippen LogP contribution in [0.3, 0.4) is 0 Å². The summed E-state index contributed by atoms with van der Waals surface area (Å²) in [5, 5.41) is 10.8. The van der Waals surface area contributed by atoms with Gasteiger partial charge in [-0.15, -0.1) is 0 Å². The average Bonchev–Trinajstić information content (AvgIpc) is 3.58. The van der Waals surface area contributed by atoms with E-state index < -0.39 is 4.92 Å². The standard InChI is InChI=1S/C20H26N4O4/c25-19(15-3-4-15)23-9-1-2-16(14-23)20(26)22-12-10-21(11-13-22)17-5-7-18(8-6-17)24(27)28/h5-8,15-16H,1-4,9-14H2. The summed E-state index contributed by atoms with van der Waals surface area (Å²) in [5.41, 5.74) is 1.02. The zero-order valence-corrected chi connectivity index (χ0v) is 16.0. The Morgan fingerprint density at radius 1 is 0.857 bits per heavy atom. The van der Waals surface area contributed by atoms with Crippen molar-refractivity contribution in [3.05, 3.63) is 34.4 Å². The molecule has 3 fully saturated rings. The highest BCUT2D eigenvalue weighted by molar-refractivity contribution is 5.83. The number of piperidine rings is 1. The van der Waals surface area contributed by atoms with Crippen molar-refractivity contribution in [2.24, 2.45) is 11.8 Å². The zero-order chi connectivity index (χ0) is 19.7. The molecular weight excluding hydrogens is 360 g/mol. The third-order valence-electron chi connectivity index (χ3n) is 6.03. The zero-order valence-electron chi connectivity index (χ0n) is 16.0. The summed E-state index contributed by atoms with van der Waals surface area (Å²) in [4.78, 5) is 41.6. The molecule has 1 saturated carbocycles. The van der Waals surface area contributed by atoms with E-state index in [0.29, 0.717) is 32.7 Å². The van der Waals surface area contributed by atoms with Gasteiger partial charge in [0.25, 0.3) is 5.69 Å². The number of nitro groups is 1. The van der Waals surface area contributed by atoms with E-state index in [2.05, 4.69) is 4.90 Å². The predicted molar refractivity (Wildman–Crippen MR) is 104 cm³/mol. The number of amides is 2. The van der Waals surface area contributed by atoms with E-state index in [9.17, 15) is 19.7 Å². The van der Waals surface area contributed by atoms with Crippen LogP contribution < -0.4 is 4.90 Å². The van der Waals surface area contributed by atoms with Crippen molar-refractivity contribution in [1.82, 2.24) is 9.80 Å². The second-order valence-electron chi connectivity index (χ2n) is 7.98. The monoisotopic (exact) mass is 386 g/mol. The largest absolute Gasteiger partial charge is 0.368 e. The maximum Gasteiger partial charge on any atom is 0.269 e. The van der Waals surface area contributed by atoms with E-state index in [1.807, 2.05) is 9.80 Å². The fourth-order valence-electron chi connectivity index (χ4n) is 4.20. The van der Waals surface area contributed by atoms with Crippen LogP contribution in [0, 0.1) is 22.0 Å². The number of nitrogens with zero attached hydrogens (tertiary/aromatic N) is 4. The minimum Gasteiger partial charge on any atom is -0.368 e. The van der Waals surface area contributed by atoms with Crippen LogP contribution in [0.5, 0.6) is 0 Å². The summed E-state index contributed by atoms with van der Waals surface area (Å²) in [7, 11) is 0. The van der Waals surface area contributed by atoms with Crippen LogP contribution in [0.2, 0.25) is 0 Å². The molecule has 28 heavy (non-hydrogen) atoms. The molecule has 0 spiro atoms. The highest BCUT2D eigenvalue weighted by Crippen LogP contribution is 2.33. The fourth-order valence-corrected chi connectivity index (χ4v) is 4.20. The number of benzene rings is 1. The molecule has 0 radical (unpaired) electrons. The first-order valence-corrected chi connectivity index (χ1v) is 10.1. The van der Waals surface area contributed by atoms with Gasteiger partial charge in [-0.1, -0.05) is 0 Å². The van der Waals surface area contributed by atoms with Gasteiger partial charge >= 0.3 is 0 Å². The summed E-state index contributed by atoms with van der Waals surface area (Å²) >= 11 is 0. The third kappa shape index (κ3) is 3.95. The van der Waals surface area contributed by atoms with Crippen LogP contribution in [0.25, 0.3) is 0 Å². The summed E-state index contributed by atoms with van der Waals surface area (Å²) < 4.78 is 0. The van der Waals surface area contributed by atoms with Gasteiger partial charge < -0.3 is 14.7 Å². The summed E-state index contributed by atoms with van der Waals surface area (Å²) in [6.07, 6.45) is 3.75.